The second kappa shape index (κ2) is 8.09. The van der Waals surface area contributed by atoms with Crippen molar-refractivity contribution < 1.29 is 9.53 Å². The lowest BCUT2D eigenvalue weighted by Crippen LogP contribution is -2.31. The van der Waals surface area contributed by atoms with Crippen LogP contribution < -0.4 is 10.1 Å². The lowest BCUT2D eigenvalue weighted by molar-refractivity contribution is 0.102. The highest BCUT2D eigenvalue weighted by Gasteiger charge is 2.45. The van der Waals surface area contributed by atoms with Gasteiger partial charge in [0.25, 0.3) is 5.91 Å². The molecule has 1 aromatic heterocycles. The normalized spacial score (nSPS) is 16.6. The number of carbonyl (C=O) groups is 1. The Balaban J connectivity index is 1.82. The number of nitrogens with one attached hydrogen (secondary N) is 1. The second-order valence-corrected chi connectivity index (χ2v) is 9.64. The van der Waals surface area contributed by atoms with Crippen molar-refractivity contribution in [2.24, 2.45) is 0 Å². The molecule has 32 heavy (non-hydrogen) atoms. The Bertz CT molecular complexity index is 1160. The Kier molecular flexibility index (Phi) is 5.58. The molecule has 166 valence electrons. The number of hydrogen-bond donors (Lipinski definition) is 1. The summed E-state index contributed by atoms with van der Waals surface area (Å²) in [5.41, 5.74) is 7.97. The monoisotopic (exact) mass is 428 g/mol. The molecule has 0 aliphatic carbocycles. The van der Waals surface area contributed by atoms with E-state index in [1.54, 1.807) is 24.5 Å². The van der Waals surface area contributed by atoms with Crippen LogP contribution in [0, 0.1) is 20.8 Å². The van der Waals surface area contributed by atoms with E-state index in [-0.39, 0.29) is 11.8 Å². The van der Waals surface area contributed by atoms with Gasteiger partial charge in [0, 0.05) is 29.2 Å². The maximum absolute atomic E-state index is 12.9. The van der Waals surface area contributed by atoms with Gasteiger partial charge in [-0.2, -0.15) is 0 Å². The molecule has 0 bridgehead atoms. The predicted molar refractivity (Wildman–Crippen MR) is 130 cm³/mol. The van der Waals surface area contributed by atoms with E-state index >= 15 is 0 Å². The molecule has 4 nitrogen and oxygen atoms in total. The summed E-state index contributed by atoms with van der Waals surface area (Å²) in [5, 5.41) is 3.17. The standard InChI is InChI=1S/C28H32N2O2/c1-16(2)20-8-10-21(11-9-20)24-23-19(5)25(30-27(31)22-12-14-29-15-13-22)17(3)18(4)26(23)32-28(24,6)7/h8-16,24H,1-7H3,(H,30,31). The number of nitrogens with zero attached hydrogens (tertiary/aromatic N) is 1. The van der Waals surface area contributed by atoms with Crippen molar-refractivity contribution in [3.8, 4) is 5.75 Å². The van der Waals surface area contributed by atoms with Gasteiger partial charge in [0.05, 0.1) is 5.92 Å². The van der Waals surface area contributed by atoms with Crippen LogP contribution in [-0.2, 0) is 0 Å². The van der Waals surface area contributed by atoms with Crippen LogP contribution in [0.25, 0.3) is 0 Å². The fourth-order valence-corrected chi connectivity index (χ4v) is 4.81. The summed E-state index contributed by atoms with van der Waals surface area (Å²) in [6.45, 7) is 14.9. The third-order valence-corrected chi connectivity index (χ3v) is 6.77. The van der Waals surface area contributed by atoms with Gasteiger partial charge < -0.3 is 10.1 Å². The van der Waals surface area contributed by atoms with Crippen molar-refractivity contribution >= 4 is 11.6 Å². The van der Waals surface area contributed by atoms with E-state index in [1.165, 1.54) is 16.7 Å². The summed E-state index contributed by atoms with van der Waals surface area (Å²) in [6.07, 6.45) is 3.27. The summed E-state index contributed by atoms with van der Waals surface area (Å²) >= 11 is 0. The Morgan fingerprint density at radius 1 is 0.969 bits per heavy atom. The maximum Gasteiger partial charge on any atom is 0.255 e. The Labute approximate surface area is 191 Å². The molecule has 0 saturated carbocycles. The second-order valence-electron chi connectivity index (χ2n) is 9.64. The number of aromatic nitrogens is 1. The number of hydrogen-bond acceptors (Lipinski definition) is 3. The Morgan fingerprint density at radius 2 is 1.59 bits per heavy atom. The van der Waals surface area contributed by atoms with Gasteiger partial charge in [0.1, 0.15) is 11.4 Å². The number of anilines is 1. The SMILES string of the molecule is Cc1c(C)c2c(c(C)c1NC(=O)c1ccncc1)C(c1ccc(C(C)C)cc1)C(C)(C)O2. The van der Waals surface area contributed by atoms with E-state index in [9.17, 15) is 4.79 Å². The molecule has 1 aliphatic heterocycles. The van der Waals surface area contributed by atoms with Gasteiger partial charge in [-0.1, -0.05) is 38.1 Å². The van der Waals surface area contributed by atoms with Crippen LogP contribution in [0.4, 0.5) is 5.69 Å². The predicted octanol–water partition coefficient (Wildman–Crippen LogP) is 6.69. The molecule has 0 saturated heterocycles. The van der Waals surface area contributed by atoms with Gasteiger partial charge in [-0.25, -0.2) is 0 Å². The average Bonchev–Trinajstić information content (AvgIpc) is 3.07. The quantitative estimate of drug-likeness (QED) is 0.504. The molecule has 2 aromatic carbocycles. The van der Waals surface area contributed by atoms with Gasteiger partial charge in [-0.3, -0.25) is 9.78 Å². The molecule has 1 unspecified atom stereocenters. The van der Waals surface area contributed by atoms with E-state index in [1.807, 2.05) is 6.92 Å². The van der Waals surface area contributed by atoms with Gasteiger partial charge in [0.2, 0.25) is 0 Å². The van der Waals surface area contributed by atoms with Crippen molar-refractivity contribution in [2.75, 3.05) is 5.32 Å². The molecule has 0 fully saturated rings. The first-order valence-electron chi connectivity index (χ1n) is 11.3. The van der Waals surface area contributed by atoms with Crippen LogP contribution in [0.2, 0.25) is 0 Å². The molecule has 0 radical (unpaired) electrons. The minimum atomic E-state index is -0.391. The van der Waals surface area contributed by atoms with Gasteiger partial charge in [0.15, 0.2) is 0 Å². The molecule has 1 amide bonds. The van der Waals surface area contributed by atoms with E-state index in [0.717, 1.165) is 28.1 Å². The average molecular weight is 429 g/mol. The summed E-state index contributed by atoms with van der Waals surface area (Å²) in [7, 11) is 0. The van der Waals surface area contributed by atoms with E-state index < -0.39 is 5.60 Å². The molecular weight excluding hydrogens is 396 g/mol. The van der Waals surface area contributed by atoms with Crippen molar-refractivity contribution in [3.05, 3.63) is 87.7 Å². The van der Waals surface area contributed by atoms with Crippen LogP contribution in [0.15, 0.2) is 48.8 Å². The summed E-state index contributed by atoms with van der Waals surface area (Å²) < 4.78 is 6.56. The highest BCUT2D eigenvalue weighted by molar-refractivity contribution is 6.05. The Morgan fingerprint density at radius 3 is 2.19 bits per heavy atom. The highest BCUT2D eigenvalue weighted by Crippen LogP contribution is 2.53. The molecule has 2 heterocycles. The highest BCUT2D eigenvalue weighted by atomic mass is 16.5. The molecule has 1 N–H and O–H groups in total. The molecule has 0 spiro atoms. The van der Waals surface area contributed by atoms with Crippen molar-refractivity contribution in [1.29, 1.82) is 0 Å². The Hall–Kier alpha value is -3.14. The fourth-order valence-electron chi connectivity index (χ4n) is 4.81. The smallest absolute Gasteiger partial charge is 0.255 e. The number of pyridine rings is 1. The largest absolute Gasteiger partial charge is 0.486 e. The zero-order valence-corrected chi connectivity index (χ0v) is 20.0. The summed E-state index contributed by atoms with van der Waals surface area (Å²) in [6, 6.07) is 12.3. The number of rotatable bonds is 4. The van der Waals surface area contributed by atoms with Crippen LogP contribution in [0.1, 0.15) is 83.3 Å². The third kappa shape index (κ3) is 3.68. The summed E-state index contributed by atoms with van der Waals surface area (Å²) in [5.74, 6) is 1.39. The third-order valence-electron chi connectivity index (χ3n) is 6.77. The molecule has 4 rings (SSSR count). The number of amides is 1. The minimum absolute atomic E-state index is 0.0783. The van der Waals surface area contributed by atoms with E-state index in [4.69, 9.17) is 4.74 Å². The van der Waals surface area contributed by atoms with E-state index in [0.29, 0.717) is 11.5 Å². The molecule has 1 aliphatic rings. The number of benzene rings is 2. The first-order valence-corrected chi connectivity index (χ1v) is 11.3. The van der Waals surface area contributed by atoms with Crippen molar-refractivity contribution in [2.45, 2.75) is 65.9 Å². The lowest BCUT2D eigenvalue weighted by Gasteiger charge is -2.27. The molecule has 3 aromatic rings. The zero-order chi connectivity index (χ0) is 23.2. The van der Waals surface area contributed by atoms with Crippen molar-refractivity contribution in [3.63, 3.8) is 0 Å². The maximum atomic E-state index is 12.9. The number of fused-ring (bicyclic) bond motifs is 1. The fraction of sp³-hybridized carbons (Fsp3) is 0.357. The lowest BCUT2D eigenvalue weighted by atomic mass is 9.78. The van der Waals surface area contributed by atoms with Crippen LogP contribution in [0.3, 0.4) is 0 Å². The molecule has 1 atom stereocenters. The van der Waals surface area contributed by atoms with Crippen molar-refractivity contribution in [1.82, 2.24) is 4.98 Å². The first kappa shape index (κ1) is 22.1. The molecular formula is C28H32N2O2. The molecule has 4 heteroatoms. The van der Waals surface area contributed by atoms with Crippen LogP contribution >= 0.6 is 0 Å². The minimum Gasteiger partial charge on any atom is -0.486 e. The topological polar surface area (TPSA) is 51.2 Å². The van der Waals surface area contributed by atoms with Gasteiger partial charge >= 0.3 is 0 Å². The van der Waals surface area contributed by atoms with Crippen LogP contribution in [0.5, 0.6) is 5.75 Å². The number of ether oxygens (including phenoxy) is 1. The van der Waals surface area contributed by atoms with Gasteiger partial charge in [-0.15, -0.1) is 0 Å². The summed E-state index contributed by atoms with van der Waals surface area (Å²) in [4.78, 5) is 17.0. The number of carbonyl (C=O) groups excluding carboxylic acids is 1. The first-order chi connectivity index (χ1) is 15.1. The van der Waals surface area contributed by atoms with E-state index in [2.05, 4.69) is 76.1 Å². The van der Waals surface area contributed by atoms with Crippen LogP contribution in [-0.4, -0.2) is 16.5 Å². The van der Waals surface area contributed by atoms with Gasteiger partial charge in [-0.05, 0) is 80.5 Å². The zero-order valence-electron chi connectivity index (χ0n) is 20.0.